The summed E-state index contributed by atoms with van der Waals surface area (Å²) in [6.45, 7) is 1.03. The van der Waals surface area contributed by atoms with Gasteiger partial charge in [-0.1, -0.05) is 17.4 Å². The third-order valence-electron chi connectivity index (χ3n) is 6.31. The van der Waals surface area contributed by atoms with Gasteiger partial charge in [-0.25, -0.2) is 13.8 Å². The minimum Gasteiger partial charge on any atom is -0.391 e. The number of anilines is 3. The maximum absolute atomic E-state index is 14.2. The largest absolute Gasteiger partial charge is 0.391 e. The molecule has 2 aliphatic rings. The van der Waals surface area contributed by atoms with Crippen molar-refractivity contribution in [2.24, 2.45) is 5.73 Å². The van der Waals surface area contributed by atoms with Crippen LogP contribution in [0.2, 0.25) is 0 Å². The first-order valence-corrected chi connectivity index (χ1v) is 11.9. The van der Waals surface area contributed by atoms with Gasteiger partial charge in [0.2, 0.25) is 0 Å². The van der Waals surface area contributed by atoms with Crippen molar-refractivity contribution in [3.63, 3.8) is 0 Å². The molecule has 11 heteroatoms. The fourth-order valence-electron chi connectivity index (χ4n) is 4.60. The van der Waals surface area contributed by atoms with Crippen LogP contribution >= 0.6 is 11.3 Å². The average Bonchev–Trinajstić information content (AvgIpc) is 3.42. The molecule has 0 spiro atoms. The lowest BCUT2D eigenvalue weighted by Crippen LogP contribution is -2.51. The number of aromatic nitrogens is 2. The van der Waals surface area contributed by atoms with Crippen LogP contribution in [0.4, 0.5) is 25.2 Å². The van der Waals surface area contributed by atoms with Gasteiger partial charge in [-0.05, 0) is 43.4 Å². The summed E-state index contributed by atoms with van der Waals surface area (Å²) in [6.07, 6.45) is 4.19. The van der Waals surface area contributed by atoms with Crippen molar-refractivity contribution in [3.05, 3.63) is 53.0 Å². The molecule has 1 aliphatic carbocycles. The third-order valence-corrected chi connectivity index (χ3v) is 7.21. The number of rotatable bonds is 4. The van der Waals surface area contributed by atoms with Crippen molar-refractivity contribution >= 4 is 33.6 Å². The van der Waals surface area contributed by atoms with Gasteiger partial charge in [0.25, 0.3) is 5.91 Å². The van der Waals surface area contributed by atoms with E-state index < -0.39 is 29.7 Å². The lowest BCUT2D eigenvalue weighted by molar-refractivity contribution is 0.102. The van der Waals surface area contributed by atoms with Crippen LogP contribution in [-0.2, 0) is 12.8 Å². The highest BCUT2D eigenvalue weighted by atomic mass is 32.1. The van der Waals surface area contributed by atoms with Gasteiger partial charge in [0.1, 0.15) is 21.6 Å². The standard InChI is InChI=1S/C23H24F2N6O2S/c24-12-4-2-5-13(25)18(12)23-30-19(21(27)34-23)22(33)29-16-9-28-15-6-1-3-11(15)20(16)31-8-7-17(32)14(26)10-31/h2,4-5,9,14,17,32H,1,3,6-8,10,26-27H2,(H,29,33)/t14-,17+/m0/s1. The molecule has 5 rings (SSSR count). The van der Waals surface area contributed by atoms with E-state index in [1.54, 1.807) is 6.20 Å². The maximum atomic E-state index is 14.2. The van der Waals surface area contributed by atoms with Crippen LogP contribution in [0.25, 0.3) is 10.6 Å². The number of aliphatic hydroxyl groups excluding tert-OH is 1. The summed E-state index contributed by atoms with van der Waals surface area (Å²) in [6, 6.07) is 3.10. The highest BCUT2D eigenvalue weighted by Crippen LogP contribution is 2.39. The Morgan fingerprint density at radius 1 is 1.26 bits per heavy atom. The molecule has 0 radical (unpaired) electrons. The van der Waals surface area contributed by atoms with Crippen LogP contribution in [0, 0.1) is 11.6 Å². The lowest BCUT2D eigenvalue weighted by Gasteiger charge is -2.37. The van der Waals surface area contributed by atoms with Crippen LogP contribution in [0.3, 0.4) is 0 Å². The molecule has 0 unspecified atom stereocenters. The summed E-state index contributed by atoms with van der Waals surface area (Å²) in [5, 5.41) is 12.9. The molecule has 1 amide bonds. The first-order chi connectivity index (χ1) is 16.3. The molecule has 2 aromatic heterocycles. The molecule has 34 heavy (non-hydrogen) atoms. The number of fused-ring (bicyclic) bond motifs is 1. The molecular formula is C23H24F2N6O2S. The fraction of sp³-hybridized carbons (Fsp3) is 0.348. The molecule has 3 aromatic rings. The molecule has 0 saturated carbocycles. The van der Waals surface area contributed by atoms with Crippen molar-refractivity contribution in [2.75, 3.05) is 29.0 Å². The van der Waals surface area contributed by atoms with Gasteiger partial charge in [0, 0.05) is 24.8 Å². The molecule has 3 heterocycles. The van der Waals surface area contributed by atoms with Gasteiger partial charge in [-0.15, -0.1) is 0 Å². The molecule has 6 N–H and O–H groups in total. The van der Waals surface area contributed by atoms with Gasteiger partial charge >= 0.3 is 0 Å². The summed E-state index contributed by atoms with van der Waals surface area (Å²) < 4.78 is 28.4. The number of aliphatic hydroxyl groups is 1. The monoisotopic (exact) mass is 486 g/mol. The molecule has 8 nitrogen and oxygen atoms in total. The Morgan fingerprint density at radius 3 is 2.76 bits per heavy atom. The smallest absolute Gasteiger partial charge is 0.277 e. The second-order valence-electron chi connectivity index (χ2n) is 8.55. The van der Waals surface area contributed by atoms with Crippen LogP contribution in [0.5, 0.6) is 0 Å². The number of nitrogens with one attached hydrogen (secondary N) is 1. The van der Waals surface area contributed by atoms with Gasteiger partial charge in [0.05, 0.1) is 29.2 Å². The minimum atomic E-state index is -0.783. The number of nitrogens with two attached hydrogens (primary N) is 2. The first-order valence-electron chi connectivity index (χ1n) is 11.0. The molecule has 1 aromatic carbocycles. The summed E-state index contributed by atoms with van der Waals surface area (Å²) in [5.74, 6) is -2.16. The van der Waals surface area contributed by atoms with Crippen molar-refractivity contribution in [1.82, 2.24) is 9.97 Å². The number of benzene rings is 1. The number of thiazole rings is 1. The number of amides is 1. The Morgan fingerprint density at radius 2 is 2.03 bits per heavy atom. The SMILES string of the molecule is Nc1sc(-c2c(F)cccc2F)nc1C(=O)Nc1cnc2c(c1N1CC[C@@H](O)[C@@H](N)C1)CCC2. The molecule has 178 valence electrons. The number of carbonyl (C=O) groups is 1. The summed E-state index contributed by atoms with van der Waals surface area (Å²) in [5.41, 5.74) is 15.1. The zero-order chi connectivity index (χ0) is 24.0. The normalized spacial score (nSPS) is 19.8. The number of hydrogen-bond acceptors (Lipinski definition) is 8. The quantitative estimate of drug-likeness (QED) is 0.446. The predicted octanol–water partition coefficient (Wildman–Crippen LogP) is 2.70. The van der Waals surface area contributed by atoms with Crippen molar-refractivity contribution in [3.8, 4) is 10.6 Å². The van der Waals surface area contributed by atoms with Gasteiger partial charge in [-0.2, -0.15) is 0 Å². The van der Waals surface area contributed by atoms with Crippen molar-refractivity contribution < 1.29 is 18.7 Å². The molecule has 0 bridgehead atoms. The van der Waals surface area contributed by atoms with Crippen LogP contribution in [-0.4, -0.2) is 46.2 Å². The number of nitrogen functional groups attached to an aromatic ring is 1. The topological polar surface area (TPSA) is 130 Å². The van der Waals surface area contributed by atoms with E-state index in [1.807, 2.05) is 0 Å². The first kappa shape index (κ1) is 22.6. The van der Waals surface area contributed by atoms with Gasteiger partial charge in [0.15, 0.2) is 5.69 Å². The Labute approximate surface area is 198 Å². The minimum absolute atomic E-state index is 0.0125. The summed E-state index contributed by atoms with van der Waals surface area (Å²) in [7, 11) is 0. The van der Waals surface area contributed by atoms with E-state index in [9.17, 15) is 18.7 Å². The zero-order valence-corrected chi connectivity index (χ0v) is 19.0. The van der Waals surface area contributed by atoms with E-state index >= 15 is 0 Å². The van der Waals surface area contributed by atoms with Crippen LogP contribution in [0.1, 0.15) is 34.6 Å². The Kier molecular flexibility index (Phi) is 5.92. The number of carbonyl (C=O) groups excluding carboxylic acids is 1. The van der Waals surface area contributed by atoms with E-state index in [4.69, 9.17) is 11.5 Å². The molecular weight excluding hydrogens is 462 g/mol. The number of piperidine rings is 1. The van der Waals surface area contributed by atoms with E-state index in [-0.39, 0.29) is 21.3 Å². The maximum Gasteiger partial charge on any atom is 0.277 e. The van der Waals surface area contributed by atoms with Crippen LogP contribution in [0.15, 0.2) is 24.4 Å². The Hall–Kier alpha value is -3.15. The van der Waals surface area contributed by atoms with Crippen LogP contribution < -0.4 is 21.7 Å². The van der Waals surface area contributed by atoms with E-state index in [2.05, 4.69) is 20.2 Å². The molecule has 1 fully saturated rings. The van der Waals surface area contributed by atoms with E-state index in [0.29, 0.717) is 25.2 Å². The van der Waals surface area contributed by atoms with E-state index in [0.717, 1.165) is 59.7 Å². The molecule has 1 aliphatic heterocycles. The second kappa shape index (κ2) is 8.90. The number of pyridine rings is 1. The summed E-state index contributed by atoms with van der Waals surface area (Å²) >= 11 is 0.843. The van der Waals surface area contributed by atoms with Crippen molar-refractivity contribution in [1.29, 1.82) is 0 Å². The predicted molar refractivity (Wildman–Crippen MR) is 127 cm³/mol. The Bertz CT molecular complexity index is 1250. The average molecular weight is 487 g/mol. The third kappa shape index (κ3) is 3.99. The lowest BCUT2D eigenvalue weighted by atomic mass is 10.0. The zero-order valence-electron chi connectivity index (χ0n) is 18.2. The molecule has 2 atom stereocenters. The second-order valence-corrected chi connectivity index (χ2v) is 9.58. The Balaban J connectivity index is 1.48. The van der Waals surface area contributed by atoms with Crippen molar-refractivity contribution in [2.45, 2.75) is 37.8 Å². The van der Waals surface area contributed by atoms with Gasteiger partial charge in [-0.3, -0.25) is 9.78 Å². The van der Waals surface area contributed by atoms with E-state index in [1.165, 1.54) is 6.07 Å². The highest BCUT2D eigenvalue weighted by molar-refractivity contribution is 7.19. The number of aryl methyl sites for hydroxylation is 1. The number of hydrogen-bond donors (Lipinski definition) is 4. The number of nitrogens with zero attached hydrogens (tertiary/aromatic N) is 3. The highest BCUT2D eigenvalue weighted by Gasteiger charge is 2.31. The summed E-state index contributed by atoms with van der Waals surface area (Å²) in [4.78, 5) is 23.9. The fourth-order valence-corrected chi connectivity index (χ4v) is 5.48. The van der Waals surface area contributed by atoms with Gasteiger partial charge < -0.3 is 26.8 Å². The number of halogens is 2. The molecule has 1 saturated heterocycles.